The first-order valence-electron chi connectivity index (χ1n) is 18.7. The molecule has 0 N–H and O–H groups in total. The Morgan fingerprint density at radius 1 is 0.582 bits per heavy atom. The number of aromatic nitrogens is 5. The van der Waals surface area contributed by atoms with Crippen molar-refractivity contribution >= 4 is 70.9 Å². The molecule has 0 aliphatic heterocycles. The Bertz CT molecular complexity index is 3440. The van der Waals surface area contributed by atoms with Gasteiger partial charge in [-0.1, -0.05) is 57.2 Å². The van der Waals surface area contributed by atoms with Crippen LogP contribution in [0, 0.1) is 10.7 Å². The fraction of sp³-hybridized carbons (Fsp3) is 0.125. The number of ether oxygens (including phenoxy) is 1. The quantitative estimate of drug-likeness (QED) is 0.177. The van der Waals surface area contributed by atoms with Crippen molar-refractivity contribution in [2.45, 2.75) is 33.1 Å². The molecule has 0 fully saturated rings. The Balaban J connectivity index is 1.15. The Kier molecular flexibility index (Phi) is 6.80. The Morgan fingerprint density at radius 3 is 2.09 bits per heavy atom. The van der Waals surface area contributed by atoms with Crippen LogP contribution < -0.4 is 4.74 Å². The molecule has 0 bridgehead atoms. The molecule has 55 heavy (non-hydrogen) atoms. The number of pyridine rings is 1. The first kappa shape index (κ1) is 32.5. The molecule has 270 valence electrons. The summed E-state index contributed by atoms with van der Waals surface area (Å²) in [7, 11) is 2.11. The molecule has 6 aromatic carbocycles. The fourth-order valence-corrected chi connectivity index (χ4v) is 9.55. The number of imidazole rings is 1. The predicted octanol–water partition coefficient (Wildman–Crippen LogP) is 12.1. The molecule has 11 aromatic rings. The maximum atomic E-state index is 6.85. The van der Waals surface area contributed by atoms with Crippen LogP contribution in [0.4, 0.5) is 0 Å². The SMILES string of the molecule is Cc1ccc(-n2[c](=[Pt])n(C)c3ccccc32)cc1Oc1ccc2c3cc4c5cccc6c7ccccc7n(c4cc3n(-c3cc(C(C)(C)C)ccn3)c2c1)c65. The summed E-state index contributed by atoms with van der Waals surface area (Å²) in [6.45, 7) is 8.87. The minimum Gasteiger partial charge on any atom is 0.0620 e. The third-order valence-corrected chi connectivity index (χ3v) is 12.8. The molecule has 11 rings (SSSR count). The van der Waals surface area contributed by atoms with Crippen LogP contribution in [0.2, 0.25) is 0 Å². The Labute approximate surface area is 328 Å². The number of rotatable bonds is 4. The van der Waals surface area contributed by atoms with Crippen molar-refractivity contribution in [2.75, 3.05) is 0 Å². The standard InChI is InChI=1S/C48H37N5O.Pt/c1-29-17-18-31(51-28-50(5)40-15-8-9-16-41(40)51)24-45(29)54-32-19-20-34-37-26-38-36-13-10-12-35-33-11-6-7-14-39(33)53(47(35)36)44(38)27-43(37)52(42(34)25-32)46-23-30(21-22-49-46)48(2,3)4;/h6-27H,1-5H3;. The number of fused-ring (bicyclic) bond motifs is 10. The summed E-state index contributed by atoms with van der Waals surface area (Å²) in [5, 5.41) is 7.44. The second-order valence-electron chi connectivity index (χ2n) is 15.8. The first-order valence-corrected chi connectivity index (χ1v) is 19.8. The molecule has 5 heterocycles. The van der Waals surface area contributed by atoms with Crippen molar-refractivity contribution in [3.05, 3.63) is 149 Å². The van der Waals surface area contributed by atoms with Gasteiger partial charge in [-0.05, 0) is 23.1 Å². The molecule has 7 heteroatoms. The van der Waals surface area contributed by atoms with Gasteiger partial charge in [0.05, 0.1) is 16.6 Å². The van der Waals surface area contributed by atoms with E-state index in [1.165, 1.54) is 54.6 Å². The molecule has 0 saturated heterocycles. The maximum absolute atomic E-state index is 6.85. The van der Waals surface area contributed by atoms with Gasteiger partial charge in [0, 0.05) is 27.7 Å². The topological polar surface area (TPSA) is 41.3 Å². The van der Waals surface area contributed by atoms with Crippen molar-refractivity contribution < 1.29 is 24.1 Å². The van der Waals surface area contributed by atoms with Gasteiger partial charge < -0.3 is 4.40 Å². The van der Waals surface area contributed by atoms with E-state index in [9.17, 15) is 0 Å². The molecule has 0 aliphatic carbocycles. The van der Waals surface area contributed by atoms with Crippen LogP contribution in [-0.2, 0) is 31.8 Å². The summed E-state index contributed by atoms with van der Waals surface area (Å²) in [5.74, 6) is 2.49. The van der Waals surface area contributed by atoms with Crippen LogP contribution in [-0.4, -0.2) is 23.1 Å². The van der Waals surface area contributed by atoms with Crippen molar-refractivity contribution in [2.24, 2.45) is 7.05 Å². The summed E-state index contributed by atoms with van der Waals surface area (Å²) in [5.41, 5.74) is 11.5. The summed E-state index contributed by atoms with van der Waals surface area (Å²) < 4.78 is 17.3. The number of hydrogen-bond donors (Lipinski definition) is 0. The fourth-order valence-electron chi connectivity index (χ4n) is 8.71. The third-order valence-electron chi connectivity index (χ3n) is 11.5. The van der Waals surface area contributed by atoms with Crippen molar-refractivity contribution in [3.8, 4) is 23.0 Å². The van der Waals surface area contributed by atoms with Gasteiger partial charge in [-0.2, -0.15) is 0 Å². The second kappa shape index (κ2) is 11.5. The molecule has 0 spiro atoms. The van der Waals surface area contributed by atoms with E-state index in [0.717, 1.165) is 54.3 Å². The van der Waals surface area contributed by atoms with Gasteiger partial charge >= 0.3 is 201 Å². The van der Waals surface area contributed by atoms with Crippen LogP contribution >= 0.6 is 0 Å². The minimum absolute atomic E-state index is 0.0359. The van der Waals surface area contributed by atoms with E-state index in [2.05, 4.69) is 200 Å². The van der Waals surface area contributed by atoms with E-state index in [-0.39, 0.29) is 5.41 Å². The zero-order chi connectivity index (χ0) is 37.3. The van der Waals surface area contributed by atoms with Crippen molar-refractivity contribution in [1.29, 1.82) is 0 Å². The molecule has 0 atom stereocenters. The third kappa shape index (κ3) is 4.64. The molecule has 0 aliphatic rings. The van der Waals surface area contributed by atoms with Crippen LogP contribution in [0.1, 0.15) is 31.9 Å². The van der Waals surface area contributed by atoms with Gasteiger partial charge in [0.1, 0.15) is 0 Å². The van der Waals surface area contributed by atoms with Gasteiger partial charge in [-0.25, -0.2) is 0 Å². The van der Waals surface area contributed by atoms with Crippen molar-refractivity contribution in [1.82, 2.24) is 23.1 Å². The largest absolute Gasteiger partial charge is 0.0620 e. The average molecular weight is 895 g/mol. The van der Waals surface area contributed by atoms with Crippen LogP contribution in [0.15, 0.2) is 134 Å². The molecule has 0 unspecified atom stereocenters. The van der Waals surface area contributed by atoms with Crippen LogP contribution in [0.25, 0.3) is 82.4 Å². The molecule has 0 saturated carbocycles. The van der Waals surface area contributed by atoms with E-state index in [1.807, 2.05) is 6.20 Å². The van der Waals surface area contributed by atoms with E-state index >= 15 is 0 Å². The summed E-state index contributed by atoms with van der Waals surface area (Å²) in [6.07, 6.45) is 1.95. The Morgan fingerprint density at radius 2 is 1.27 bits per heavy atom. The van der Waals surface area contributed by atoms with E-state index < -0.39 is 0 Å². The normalized spacial score (nSPS) is 12.6. The molecule has 5 aromatic heterocycles. The molecule has 6 nitrogen and oxygen atoms in total. The number of benzene rings is 6. The van der Waals surface area contributed by atoms with Crippen LogP contribution in [0.5, 0.6) is 11.5 Å². The second-order valence-corrected chi connectivity index (χ2v) is 16.8. The number of para-hydroxylation sites is 4. The average Bonchev–Trinajstić information content (AvgIpc) is 3.88. The molecule has 0 radical (unpaired) electrons. The zero-order valence-corrected chi connectivity index (χ0v) is 33.4. The zero-order valence-electron chi connectivity index (χ0n) is 31.2. The monoisotopic (exact) mass is 894 g/mol. The summed E-state index contributed by atoms with van der Waals surface area (Å²) in [6, 6.07) is 46.1. The van der Waals surface area contributed by atoms with E-state index in [0.29, 0.717) is 0 Å². The summed E-state index contributed by atoms with van der Waals surface area (Å²) in [4.78, 5) is 5.03. The van der Waals surface area contributed by atoms with Gasteiger partial charge in [-0.15, -0.1) is 0 Å². The first-order chi connectivity index (χ1) is 26.7. The van der Waals surface area contributed by atoms with Crippen molar-refractivity contribution in [3.63, 3.8) is 0 Å². The van der Waals surface area contributed by atoms with Gasteiger partial charge in [0.2, 0.25) is 0 Å². The van der Waals surface area contributed by atoms with Crippen LogP contribution in [0.3, 0.4) is 0 Å². The molecule has 0 amide bonds. The maximum Gasteiger partial charge on any atom is 0.0620 e. The predicted molar refractivity (Wildman–Crippen MR) is 222 cm³/mol. The van der Waals surface area contributed by atoms with Gasteiger partial charge in [0.25, 0.3) is 0 Å². The molecular weight excluding hydrogens is 858 g/mol. The molecular formula is C48H37N5OPt. The van der Waals surface area contributed by atoms with E-state index in [4.69, 9.17) is 9.72 Å². The van der Waals surface area contributed by atoms with Gasteiger partial charge in [-0.3, -0.25) is 0 Å². The van der Waals surface area contributed by atoms with Gasteiger partial charge in [0.15, 0.2) is 0 Å². The number of nitrogens with zero attached hydrogens (tertiary/aromatic N) is 5. The summed E-state index contributed by atoms with van der Waals surface area (Å²) >= 11 is 2.41. The number of hydrogen-bond acceptors (Lipinski definition) is 2. The Hall–Kier alpha value is -5.97. The smallest absolute Gasteiger partial charge is 0.0620 e. The van der Waals surface area contributed by atoms with E-state index in [1.54, 1.807) is 0 Å². The number of aryl methyl sites for hydroxylation is 2. The minimum atomic E-state index is -0.0359.